The summed E-state index contributed by atoms with van der Waals surface area (Å²) in [5.74, 6) is 0. The Balaban J connectivity index is 3.21. The van der Waals surface area contributed by atoms with E-state index in [2.05, 4.69) is 0 Å². The zero-order chi connectivity index (χ0) is 15.6. The van der Waals surface area contributed by atoms with Crippen molar-refractivity contribution in [2.24, 2.45) is 0 Å². The molecule has 0 bridgehead atoms. The lowest BCUT2D eigenvalue weighted by molar-refractivity contribution is -0.137. The highest BCUT2D eigenvalue weighted by atomic mass is 19.4. The van der Waals surface area contributed by atoms with Crippen LogP contribution in [0.15, 0.2) is 18.2 Å². The van der Waals surface area contributed by atoms with Crippen molar-refractivity contribution in [3.63, 3.8) is 0 Å². The first kappa shape index (κ1) is 16.1. The molecular formula is C12H10F6N2. The second kappa shape index (κ2) is 5.61. The molecule has 0 aliphatic rings. The molecule has 0 N–H and O–H groups in total. The maximum Gasteiger partial charge on any atom is 0.416 e. The third-order valence-corrected chi connectivity index (χ3v) is 2.54. The summed E-state index contributed by atoms with van der Waals surface area (Å²) in [5.41, 5.74) is -1.67. The molecule has 20 heavy (non-hydrogen) atoms. The zero-order valence-electron chi connectivity index (χ0n) is 10.3. The van der Waals surface area contributed by atoms with Crippen LogP contribution in [0.25, 0.3) is 0 Å². The van der Waals surface area contributed by atoms with Crippen LogP contribution in [0.1, 0.15) is 18.1 Å². The highest BCUT2D eigenvalue weighted by Crippen LogP contribution is 2.33. The second-order valence-corrected chi connectivity index (χ2v) is 3.97. The Bertz CT molecular complexity index is 512. The van der Waals surface area contributed by atoms with Gasteiger partial charge in [-0.05, 0) is 25.1 Å². The van der Waals surface area contributed by atoms with E-state index >= 15 is 0 Å². The summed E-state index contributed by atoms with van der Waals surface area (Å²) in [5, 5.41) is 8.83. The van der Waals surface area contributed by atoms with E-state index in [9.17, 15) is 26.3 Å². The lowest BCUT2D eigenvalue weighted by Gasteiger charge is -2.25. The van der Waals surface area contributed by atoms with Crippen molar-refractivity contribution in [3.05, 3.63) is 29.3 Å². The summed E-state index contributed by atoms with van der Waals surface area (Å²) < 4.78 is 74.6. The summed E-state index contributed by atoms with van der Waals surface area (Å²) in [4.78, 5) is 0.804. The van der Waals surface area contributed by atoms with Crippen LogP contribution in [0, 0.1) is 11.3 Å². The third-order valence-electron chi connectivity index (χ3n) is 2.54. The molecule has 0 amide bonds. The fourth-order valence-electron chi connectivity index (χ4n) is 1.66. The molecule has 0 heterocycles. The SMILES string of the molecule is CCN(CC(F)(F)F)c1ccc(C(F)(F)F)cc1C#N. The monoisotopic (exact) mass is 296 g/mol. The van der Waals surface area contributed by atoms with Gasteiger partial charge >= 0.3 is 12.4 Å². The molecule has 0 radical (unpaired) electrons. The zero-order valence-corrected chi connectivity index (χ0v) is 10.3. The minimum atomic E-state index is -4.65. The third kappa shape index (κ3) is 4.05. The van der Waals surface area contributed by atoms with Crippen molar-refractivity contribution in [1.29, 1.82) is 5.26 Å². The summed E-state index contributed by atoms with van der Waals surface area (Å²) >= 11 is 0. The Hall–Kier alpha value is -1.91. The van der Waals surface area contributed by atoms with Crippen LogP contribution < -0.4 is 4.90 Å². The molecule has 1 aromatic carbocycles. The molecule has 0 aliphatic carbocycles. The lowest BCUT2D eigenvalue weighted by Crippen LogP contribution is -2.34. The van der Waals surface area contributed by atoms with E-state index in [4.69, 9.17) is 5.26 Å². The first-order chi connectivity index (χ1) is 9.08. The number of hydrogen-bond donors (Lipinski definition) is 0. The molecule has 2 nitrogen and oxygen atoms in total. The lowest BCUT2D eigenvalue weighted by atomic mass is 10.1. The maximum absolute atomic E-state index is 12.5. The molecule has 8 heteroatoms. The van der Waals surface area contributed by atoms with Gasteiger partial charge in [0.2, 0.25) is 0 Å². The molecule has 0 fully saturated rings. The average Bonchev–Trinajstić information content (AvgIpc) is 2.33. The van der Waals surface area contributed by atoms with E-state index in [1.807, 2.05) is 0 Å². The molecule has 0 aliphatic heterocycles. The van der Waals surface area contributed by atoms with Crippen LogP contribution in [-0.4, -0.2) is 19.3 Å². The number of alkyl halides is 6. The van der Waals surface area contributed by atoms with E-state index in [1.165, 1.54) is 13.0 Å². The molecule has 110 valence electrons. The fraction of sp³-hybridized carbons (Fsp3) is 0.417. The normalized spacial score (nSPS) is 12.1. The highest BCUT2D eigenvalue weighted by molar-refractivity contribution is 5.60. The van der Waals surface area contributed by atoms with E-state index in [1.54, 1.807) is 0 Å². The number of anilines is 1. The van der Waals surface area contributed by atoms with Gasteiger partial charge in [-0.2, -0.15) is 31.6 Å². The average molecular weight is 296 g/mol. The van der Waals surface area contributed by atoms with Crippen molar-refractivity contribution in [1.82, 2.24) is 0 Å². The Kier molecular flexibility index (Phi) is 4.53. The minimum Gasteiger partial charge on any atom is -0.362 e. The molecule has 0 atom stereocenters. The van der Waals surface area contributed by atoms with Crippen LogP contribution >= 0.6 is 0 Å². The highest BCUT2D eigenvalue weighted by Gasteiger charge is 2.33. The number of hydrogen-bond acceptors (Lipinski definition) is 2. The molecule has 0 saturated heterocycles. The Morgan fingerprint density at radius 2 is 1.75 bits per heavy atom. The van der Waals surface area contributed by atoms with Gasteiger partial charge in [0, 0.05) is 6.54 Å². The summed E-state index contributed by atoms with van der Waals surface area (Å²) in [7, 11) is 0. The largest absolute Gasteiger partial charge is 0.416 e. The molecule has 1 rings (SSSR count). The first-order valence-electron chi connectivity index (χ1n) is 5.51. The Morgan fingerprint density at radius 1 is 1.15 bits per heavy atom. The van der Waals surface area contributed by atoms with Gasteiger partial charge in [-0.3, -0.25) is 0 Å². The molecule has 0 saturated carbocycles. The van der Waals surface area contributed by atoms with Crippen molar-refractivity contribution in [2.75, 3.05) is 18.0 Å². The number of benzene rings is 1. The number of halogens is 6. The maximum atomic E-state index is 12.5. The predicted molar refractivity (Wildman–Crippen MR) is 60.1 cm³/mol. The number of nitrogens with zero attached hydrogens (tertiary/aromatic N) is 2. The van der Waals surface area contributed by atoms with Gasteiger partial charge in [0.1, 0.15) is 12.6 Å². The number of rotatable bonds is 3. The van der Waals surface area contributed by atoms with Crippen molar-refractivity contribution >= 4 is 5.69 Å². The summed E-state index contributed by atoms with van der Waals surface area (Å²) in [6, 6.07) is 3.60. The quantitative estimate of drug-likeness (QED) is 0.789. The molecule has 0 spiro atoms. The second-order valence-electron chi connectivity index (χ2n) is 3.97. The van der Waals surface area contributed by atoms with Crippen molar-refractivity contribution in [3.8, 4) is 6.07 Å². The van der Waals surface area contributed by atoms with Gasteiger partial charge in [0.15, 0.2) is 0 Å². The predicted octanol–water partition coefficient (Wildman–Crippen LogP) is 3.97. The van der Waals surface area contributed by atoms with E-state index in [0.717, 1.165) is 11.0 Å². The van der Waals surface area contributed by atoms with Gasteiger partial charge in [-0.25, -0.2) is 0 Å². The van der Waals surface area contributed by atoms with Gasteiger partial charge in [0.05, 0.1) is 16.8 Å². The van der Waals surface area contributed by atoms with Gasteiger partial charge in [0.25, 0.3) is 0 Å². The van der Waals surface area contributed by atoms with Gasteiger partial charge < -0.3 is 4.90 Å². The van der Waals surface area contributed by atoms with Gasteiger partial charge in [-0.15, -0.1) is 0 Å². The van der Waals surface area contributed by atoms with Crippen LogP contribution in [0.5, 0.6) is 0 Å². The van der Waals surface area contributed by atoms with Crippen LogP contribution in [-0.2, 0) is 6.18 Å². The molecule has 0 unspecified atom stereocenters. The standard InChI is InChI=1S/C12H10F6N2/c1-2-20(7-11(13,14)15)10-4-3-9(12(16,17)18)5-8(10)6-19/h3-5H,2,7H2,1H3. The van der Waals surface area contributed by atoms with E-state index in [0.29, 0.717) is 12.1 Å². The Morgan fingerprint density at radius 3 is 2.15 bits per heavy atom. The van der Waals surface area contributed by atoms with E-state index < -0.39 is 30.0 Å². The molecular weight excluding hydrogens is 286 g/mol. The van der Waals surface area contributed by atoms with Crippen molar-refractivity contribution < 1.29 is 26.3 Å². The summed E-state index contributed by atoms with van der Waals surface area (Å²) in [6.45, 7) is 0.00760. The Labute approximate surface area is 111 Å². The van der Waals surface area contributed by atoms with Crippen LogP contribution in [0.2, 0.25) is 0 Å². The van der Waals surface area contributed by atoms with E-state index in [-0.39, 0.29) is 12.2 Å². The molecule has 0 aromatic heterocycles. The minimum absolute atomic E-state index is 0.0838. The topological polar surface area (TPSA) is 27.0 Å². The summed E-state index contributed by atoms with van der Waals surface area (Å²) in [6.07, 6.45) is -9.16. The van der Waals surface area contributed by atoms with Gasteiger partial charge in [-0.1, -0.05) is 0 Å². The first-order valence-corrected chi connectivity index (χ1v) is 5.51. The van der Waals surface area contributed by atoms with Crippen LogP contribution in [0.3, 0.4) is 0 Å². The smallest absolute Gasteiger partial charge is 0.362 e. The number of nitriles is 1. The van der Waals surface area contributed by atoms with Crippen LogP contribution in [0.4, 0.5) is 32.0 Å². The fourth-order valence-corrected chi connectivity index (χ4v) is 1.66. The van der Waals surface area contributed by atoms with Crippen molar-refractivity contribution in [2.45, 2.75) is 19.3 Å². The molecule has 1 aromatic rings.